The van der Waals surface area contributed by atoms with Crippen molar-refractivity contribution in [2.75, 3.05) is 46.5 Å². The summed E-state index contributed by atoms with van der Waals surface area (Å²) in [5.74, 6) is 0.232. The summed E-state index contributed by atoms with van der Waals surface area (Å²) < 4.78 is 48.5. The average molecular weight is 1170 g/mol. The maximum atomic E-state index is 13.8. The van der Waals surface area contributed by atoms with Gasteiger partial charge in [0, 0.05) is 56.0 Å². The lowest BCUT2D eigenvalue weighted by molar-refractivity contribution is -0.150. The molecular formula is C59H77N8O13PS. The zero-order valence-corrected chi connectivity index (χ0v) is 50.1. The van der Waals surface area contributed by atoms with Gasteiger partial charge < -0.3 is 43.4 Å². The molecule has 0 aliphatic carbocycles. The van der Waals surface area contributed by atoms with E-state index in [4.69, 9.17) is 32.7 Å². The van der Waals surface area contributed by atoms with Crippen molar-refractivity contribution in [3.8, 4) is 17.6 Å². The molecule has 0 spiro atoms. The van der Waals surface area contributed by atoms with Gasteiger partial charge in [-0.1, -0.05) is 66.4 Å². The number of rotatable bonds is 30. The maximum absolute atomic E-state index is 13.8. The molecule has 3 heterocycles. The number of aromatic amines is 1. The molecule has 0 radical (unpaired) electrons. The number of nitrogens with zero attached hydrogens (tertiary/aromatic N) is 5. The number of esters is 1. The fraction of sp³-hybridized carbons (Fsp3) is 0.492. The molecule has 2 aromatic heterocycles. The van der Waals surface area contributed by atoms with E-state index < -0.39 is 54.9 Å². The van der Waals surface area contributed by atoms with Crippen molar-refractivity contribution in [3.63, 3.8) is 0 Å². The summed E-state index contributed by atoms with van der Waals surface area (Å²) in [5, 5.41) is 15.5. The highest BCUT2D eigenvalue weighted by molar-refractivity contribution is 7.99. The standard InChI is InChI=1S/C59H77N8O13PS/c1-39(2)67(40(3)4)81(78-32-16-29-60)80-48-33-52(79-49(48)37-77-59(43-17-12-11-13-18-43,44-20-24-46(74-9)25-21-44)45-22-26-47(75-10)27-23-45)66-35-42(53(70)63-57(66)73)19-28-50(68)61-30-14-15-31-62-51(69)36-65-34-41(5)54(64-56(65)72)82-38-76-55(71)58(6,7)8/h11-13,17-18,20-27,34-35,39-40,48-49,52H,14-16,19,28,30-33,36-38H2,1-10H3,(H,61,68)(H,62,69)(H,63,70,73)/t48-,49+,52+,81?/m0/s1. The summed E-state index contributed by atoms with van der Waals surface area (Å²) >= 11 is 1.12. The molecule has 5 aromatic rings. The number of nitriles is 1. The zero-order chi connectivity index (χ0) is 59.6. The minimum absolute atomic E-state index is 0.00265. The predicted molar refractivity (Wildman–Crippen MR) is 311 cm³/mol. The molecule has 2 amide bonds. The van der Waals surface area contributed by atoms with E-state index >= 15 is 0 Å². The van der Waals surface area contributed by atoms with Gasteiger partial charge >= 0.3 is 17.3 Å². The Balaban J connectivity index is 1.14. The molecule has 0 saturated carbocycles. The zero-order valence-electron chi connectivity index (χ0n) is 48.4. The molecular weight excluding hydrogens is 1090 g/mol. The van der Waals surface area contributed by atoms with Crippen molar-refractivity contribution >= 4 is 38.1 Å². The normalized spacial score (nSPS) is 15.8. The van der Waals surface area contributed by atoms with Crippen molar-refractivity contribution in [2.45, 2.75) is 142 Å². The first-order chi connectivity index (χ1) is 39.2. The number of carbonyl (C=O) groups excluding carboxylic acids is 3. The lowest BCUT2D eigenvalue weighted by atomic mass is 9.80. The van der Waals surface area contributed by atoms with Gasteiger partial charge in [-0.05, 0) is 121 Å². The van der Waals surface area contributed by atoms with E-state index in [-0.39, 0.29) is 86.8 Å². The van der Waals surface area contributed by atoms with Gasteiger partial charge in [0.1, 0.15) is 46.9 Å². The molecule has 82 heavy (non-hydrogen) atoms. The topological polar surface area (TPSA) is 257 Å². The van der Waals surface area contributed by atoms with E-state index in [9.17, 15) is 34.0 Å². The van der Waals surface area contributed by atoms with Gasteiger partial charge in [-0.15, -0.1) is 0 Å². The molecule has 1 aliphatic heterocycles. The van der Waals surface area contributed by atoms with E-state index in [0.717, 1.165) is 28.5 Å². The van der Waals surface area contributed by atoms with Crippen LogP contribution in [0.4, 0.5) is 0 Å². The molecule has 23 heteroatoms. The second kappa shape index (κ2) is 30.6. The Hall–Kier alpha value is -6.70. The second-order valence-electron chi connectivity index (χ2n) is 21.2. The number of aromatic nitrogens is 4. The number of benzene rings is 3. The first-order valence-electron chi connectivity index (χ1n) is 27.3. The molecule has 4 atom stereocenters. The van der Waals surface area contributed by atoms with Gasteiger partial charge in [0.25, 0.3) is 14.1 Å². The Labute approximate surface area is 484 Å². The van der Waals surface area contributed by atoms with Crippen molar-refractivity contribution < 1.29 is 47.1 Å². The van der Waals surface area contributed by atoms with Crippen LogP contribution in [0.5, 0.6) is 11.5 Å². The van der Waals surface area contributed by atoms with Gasteiger partial charge in [-0.2, -0.15) is 10.2 Å². The Kier molecular flexibility index (Phi) is 24.0. The van der Waals surface area contributed by atoms with Crippen LogP contribution in [0.2, 0.25) is 0 Å². The minimum Gasteiger partial charge on any atom is -0.497 e. The van der Waals surface area contributed by atoms with Crippen LogP contribution < -0.4 is 37.0 Å². The van der Waals surface area contributed by atoms with Gasteiger partial charge in [0.05, 0.1) is 51.4 Å². The third-order valence-electron chi connectivity index (χ3n) is 13.4. The maximum Gasteiger partial charge on any atom is 0.349 e. The van der Waals surface area contributed by atoms with Gasteiger partial charge in [-0.3, -0.25) is 33.3 Å². The molecule has 0 bridgehead atoms. The highest BCUT2D eigenvalue weighted by Gasteiger charge is 2.45. The first kappa shape index (κ1) is 64.5. The highest BCUT2D eigenvalue weighted by atomic mass is 32.2. The number of methoxy groups -OCH3 is 2. The van der Waals surface area contributed by atoms with Crippen molar-refractivity contribution in [1.82, 2.24) is 34.4 Å². The smallest absolute Gasteiger partial charge is 0.349 e. The number of nitrogens with one attached hydrogen (secondary N) is 3. The number of carbonyl (C=O) groups is 3. The van der Waals surface area contributed by atoms with Crippen LogP contribution >= 0.6 is 20.3 Å². The molecule has 1 aliphatic rings. The predicted octanol–water partition coefficient (Wildman–Crippen LogP) is 7.66. The van der Waals surface area contributed by atoms with Crippen LogP contribution in [0.15, 0.2) is 111 Å². The van der Waals surface area contributed by atoms with Crippen molar-refractivity contribution in [3.05, 3.63) is 150 Å². The van der Waals surface area contributed by atoms with Crippen LogP contribution in [0.25, 0.3) is 0 Å². The van der Waals surface area contributed by atoms with Gasteiger partial charge in [0.15, 0.2) is 0 Å². The van der Waals surface area contributed by atoms with Gasteiger partial charge in [0.2, 0.25) is 11.8 Å². The lowest BCUT2D eigenvalue weighted by Crippen LogP contribution is -2.39. The Bertz CT molecular complexity index is 3070. The molecule has 1 unspecified atom stereocenters. The summed E-state index contributed by atoms with van der Waals surface area (Å²) in [6, 6.07) is 27.2. The molecule has 442 valence electrons. The summed E-state index contributed by atoms with van der Waals surface area (Å²) in [5.41, 5.74) is -0.629. The number of aryl methyl sites for hydroxylation is 2. The molecule has 3 N–H and O–H groups in total. The average Bonchev–Trinajstić information content (AvgIpc) is 3.26. The number of unbranched alkanes of at least 4 members (excludes halogenated alkanes) is 1. The number of hydrogen-bond acceptors (Lipinski definition) is 17. The second-order valence-corrected chi connectivity index (χ2v) is 23.5. The summed E-state index contributed by atoms with van der Waals surface area (Å²) in [7, 11) is 1.41. The Morgan fingerprint density at radius 2 is 1.48 bits per heavy atom. The van der Waals surface area contributed by atoms with E-state index in [1.165, 1.54) is 21.5 Å². The SMILES string of the molecule is COc1ccc(C(OC[C@H]2O[C@@H](n3cc(CCC(=O)NCCCCNC(=O)Cn4cc(C)c(SCOC(=O)C(C)(C)C)nc4=O)c(=O)[nH]c3=O)C[C@@H]2OP(OCCC#N)N(C(C)C)C(C)C)(c2ccccc2)c2ccc(OC)cc2)cc1. The van der Waals surface area contributed by atoms with Gasteiger partial charge in [-0.25, -0.2) is 14.3 Å². The quantitative estimate of drug-likeness (QED) is 0.00758. The number of H-pyrrole nitrogens is 1. The largest absolute Gasteiger partial charge is 0.497 e. The van der Waals surface area contributed by atoms with Crippen molar-refractivity contribution in [2.24, 2.45) is 5.41 Å². The van der Waals surface area contributed by atoms with E-state index in [1.807, 2.05) is 107 Å². The Morgan fingerprint density at radius 3 is 2.05 bits per heavy atom. The molecule has 1 fully saturated rings. The molecule has 21 nitrogen and oxygen atoms in total. The van der Waals surface area contributed by atoms with E-state index in [1.54, 1.807) is 41.9 Å². The van der Waals surface area contributed by atoms with Crippen LogP contribution in [-0.2, 0) is 56.2 Å². The number of hydrogen-bond donors (Lipinski definition) is 3. The Morgan fingerprint density at radius 1 is 0.878 bits per heavy atom. The van der Waals surface area contributed by atoms with E-state index in [2.05, 4.69) is 31.3 Å². The monoisotopic (exact) mass is 1170 g/mol. The number of amides is 2. The summed E-state index contributed by atoms with van der Waals surface area (Å²) in [6.07, 6.45) is 1.71. The van der Waals surface area contributed by atoms with Crippen LogP contribution in [0.1, 0.15) is 115 Å². The number of thioether (sulfide) groups is 1. The van der Waals surface area contributed by atoms with E-state index in [0.29, 0.717) is 48.0 Å². The summed E-state index contributed by atoms with van der Waals surface area (Å²) in [4.78, 5) is 84.3. The fourth-order valence-corrected chi connectivity index (χ4v) is 11.7. The highest BCUT2D eigenvalue weighted by Crippen LogP contribution is 2.51. The van der Waals surface area contributed by atoms with Crippen LogP contribution in [-0.4, -0.2) is 112 Å². The lowest BCUT2D eigenvalue weighted by Gasteiger charge is -2.39. The van der Waals surface area contributed by atoms with Crippen LogP contribution in [0.3, 0.4) is 0 Å². The fourth-order valence-electron chi connectivity index (χ4n) is 9.19. The third-order valence-corrected chi connectivity index (χ3v) is 16.4. The molecule has 6 rings (SSSR count). The minimum atomic E-state index is -1.80. The molecule has 1 saturated heterocycles. The van der Waals surface area contributed by atoms with Crippen molar-refractivity contribution in [1.29, 1.82) is 5.26 Å². The number of ether oxygens (including phenoxy) is 5. The molecule has 3 aromatic carbocycles. The summed E-state index contributed by atoms with van der Waals surface area (Å²) in [6.45, 7) is 15.6. The van der Waals surface area contributed by atoms with Crippen LogP contribution in [0, 0.1) is 23.7 Å². The first-order valence-corrected chi connectivity index (χ1v) is 29.4. The third kappa shape index (κ3) is 17.4.